The molecule has 2 aromatic rings. The van der Waals surface area contributed by atoms with E-state index in [1.165, 1.54) is 12.8 Å². The molecule has 1 atom stereocenters. The maximum Gasteiger partial charge on any atom is 0.231 e. The average molecular weight is 288 g/mol. The Morgan fingerprint density at radius 1 is 1.29 bits per heavy atom. The molecule has 0 aromatic carbocycles. The Labute approximate surface area is 123 Å². The minimum absolute atomic E-state index is 0.160. The van der Waals surface area contributed by atoms with Crippen molar-refractivity contribution in [3.63, 3.8) is 0 Å². The summed E-state index contributed by atoms with van der Waals surface area (Å²) in [6.07, 6.45) is 7.82. The van der Waals surface area contributed by atoms with Gasteiger partial charge >= 0.3 is 0 Å². The molecule has 3 rings (SSSR count). The standard InChI is InChI=1S/C13H20N8/c1-10(8-20-7-4-15-9-20)16-12-17-11(14)18-13(19-12)21-5-2-3-6-21/h4,7,9-10H,2-3,5-6,8H2,1H3,(H3,14,16,17,18,19). The van der Waals surface area contributed by atoms with Crippen LogP contribution in [-0.2, 0) is 6.54 Å². The first kappa shape index (κ1) is 13.6. The first-order valence-electron chi connectivity index (χ1n) is 7.19. The van der Waals surface area contributed by atoms with Gasteiger partial charge in [0.25, 0.3) is 0 Å². The van der Waals surface area contributed by atoms with Crippen LogP contribution in [0.25, 0.3) is 0 Å². The van der Waals surface area contributed by atoms with Crippen LogP contribution in [0, 0.1) is 0 Å². The van der Waals surface area contributed by atoms with Crippen molar-refractivity contribution >= 4 is 17.8 Å². The average Bonchev–Trinajstić information content (AvgIpc) is 3.10. The molecule has 0 radical (unpaired) electrons. The maximum absolute atomic E-state index is 5.79. The van der Waals surface area contributed by atoms with Crippen molar-refractivity contribution in [3.8, 4) is 0 Å². The van der Waals surface area contributed by atoms with Crippen molar-refractivity contribution in [2.45, 2.75) is 32.4 Å². The highest BCUT2D eigenvalue weighted by atomic mass is 15.3. The summed E-state index contributed by atoms with van der Waals surface area (Å²) in [5, 5.41) is 3.27. The largest absolute Gasteiger partial charge is 0.368 e. The number of anilines is 3. The van der Waals surface area contributed by atoms with Crippen molar-refractivity contribution in [1.29, 1.82) is 0 Å². The number of nitrogen functional groups attached to an aromatic ring is 1. The van der Waals surface area contributed by atoms with Crippen molar-refractivity contribution in [3.05, 3.63) is 18.7 Å². The highest BCUT2D eigenvalue weighted by Gasteiger charge is 2.17. The summed E-state index contributed by atoms with van der Waals surface area (Å²) in [7, 11) is 0. The fourth-order valence-corrected chi connectivity index (χ4v) is 2.48. The van der Waals surface area contributed by atoms with Crippen molar-refractivity contribution < 1.29 is 0 Å². The molecule has 8 heteroatoms. The molecule has 1 aliphatic rings. The number of nitrogens with two attached hydrogens (primary N) is 1. The van der Waals surface area contributed by atoms with Crippen molar-refractivity contribution in [2.75, 3.05) is 29.0 Å². The van der Waals surface area contributed by atoms with Gasteiger partial charge in [0.2, 0.25) is 17.8 Å². The molecule has 1 fully saturated rings. The molecular weight excluding hydrogens is 268 g/mol. The number of nitrogens with zero attached hydrogens (tertiary/aromatic N) is 6. The lowest BCUT2D eigenvalue weighted by Crippen LogP contribution is -2.25. The highest BCUT2D eigenvalue weighted by molar-refractivity contribution is 5.42. The van der Waals surface area contributed by atoms with E-state index in [-0.39, 0.29) is 12.0 Å². The van der Waals surface area contributed by atoms with Crippen LogP contribution in [-0.4, -0.2) is 43.6 Å². The SMILES string of the molecule is CC(Cn1ccnc1)Nc1nc(N)nc(N2CCCC2)n1. The van der Waals surface area contributed by atoms with Crippen LogP contribution in [0.1, 0.15) is 19.8 Å². The van der Waals surface area contributed by atoms with Gasteiger partial charge in [-0.25, -0.2) is 4.98 Å². The second kappa shape index (κ2) is 5.94. The molecule has 0 spiro atoms. The molecule has 1 aliphatic heterocycles. The van der Waals surface area contributed by atoms with E-state index < -0.39 is 0 Å². The summed E-state index contributed by atoms with van der Waals surface area (Å²) in [5.74, 6) is 1.44. The Kier molecular flexibility index (Phi) is 3.85. The van der Waals surface area contributed by atoms with E-state index in [0.717, 1.165) is 19.6 Å². The molecular formula is C13H20N8. The quantitative estimate of drug-likeness (QED) is 0.837. The summed E-state index contributed by atoms with van der Waals surface area (Å²) in [6, 6.07) is 0.160. The van der Waals surface area contributed by atoms with Crippen LogP contribution in [0.15, 0.2) is 18.7 Å². The lowest BCUT2D eigenvalue weighted by molar-refractivity contribution is 0.614. The molecule has 8 nitrogen and oxygen atoms in total. The zero-order valence-corrected chi connectivity index (χ0v) is 12.1. The fourth-order valence-electron chi connectivity index (χ4n) is 2.48. The monoisotopic (exact) mass is 288 g/mol. The van der Waals surface area contributed by atoms with Gasteiger partial charge in [-0.1, -0.05) is 0 Å². The summed E-state index contributed by atoms with van der Waals surface area (Å²) in [4.78, 5) is 19.0. The second-order valence-corrected chi connectivity index (χ2v) is 5.32. The van der Waals surface area contributed by atoms with Gasteiger partial charge in [0.1, 0.15) is 0 Å². The van der Waals surface area contributed by atoms with Crippen LogP contribution in [0.2, 0.25) is 0 Å². The molecule has 0 bridgehead atoms. The maximum atomic E-state index is 5.79. The van der Waals surface area contributed by atoms with Gasteiger partial charge in [0, 0.05) is 38.1 Å². The zero-order valence-electron chi connectivity index (χ0n) is 12.1. The number of hydrogen-bond donors (Lipinski definition) is 2. The van der Waals surface area contributed by atoms with Crippen molar-refractivity contribution in [1.82, 2.24) is 24.5 Å². The molecule has 1 unspecified atom stereocenters. The minimum Gasteiger partial charge on any atom is -0.368 e. The normalized spacial score (nSPS) is 16.1. The second-order valence-electron chi connectivity index (χ2n) is 5.32. The number of nitrogens with one attached hydrogen (secondary N) is 1. The molecule has 0 saturated carbocycles. The van der Waals surface area contributed by atoms with Gasteiger partial charge in [0.15, 0.2) is 0 Å². The van der Waals surface area contributed by atoms with E-state index in [1.54, 1.807) is 12.5 Å². The van der Waals surface area contributed by atoms with Crippen LogP contribution in [0.5, 0.6) is 0 Å². The van der Waals surface area contributed by atoms with Gasteiger partial charge in [-0.2, -0.15) is 15.0 Å². The third kappa shape index (κ3) is 3.39. The van der Waals surface area contributed by atoms with Gasteiger partial charge in [0.05, 0.1) is 6.33 Å². The highest BCUT2D eigenvalue weighted by Crippen LogP contribution is 2.17. The van der Waals surface area contributed by atoms with Crippen molar-refractivity contribution in [2.24, 2.45) is 0 Å². The Balaban J connectivity index is 1.69. The van der Waals surface area contributed by atoms with E-state index in [9.17, 15) is 0 Å². The minimum atomic E-state index is 0.160. The summed E-state index contributed by atoms with van der Waals surface area (Å²) in [6.45, 7) is 4.81. The van der Waals surface area contributed by atoms with Crippen LogP contribution < -0.4 is 16.0 Å². The van der Waals surface area contributed by atoms with Gasteiger partial charge < -0.3 is 20.5 Å². The summed E-state index contributed by atoms with van der Waals surface area (Å²) < 4.78 is 2.00. The molecule has 0 amide bonds. The van der Waals surface area contributed by atoms with E-state index in [1.807, 2.05) is 10.8 Å². The lowest BCUT2D eigenvalue weighted by Gasteiger charge is -2.18. The topological polar surface area (TPSA) is 97.8 Å². The Hall–Kier alpha value is -2.38. The first-order chi connectivity index (χ1) is 10.2. The number of hydrogen-bond acceptors (Lipinski definition) is 7. The lowest BCUT2D eigenvalue weighted by atomic mass is 10.3. The third-order valence-electron chi connectivity index (χ3n) is 3.45. The smallest absolute Gasteiger partial charge is 0.231 e. The number of aromatic nitrogens is 5. The molecule has 3 N–H and O–H groups in total. The van der Waals surface area contributed by atoms with Crippen LogP contribution >= 0.6 is 0 Å². The first-order valence-corrected chi connectivity index (χ1v) is 7.19. The third-order valence-corrected chi connectivity index (χ3v) is 3.45. The van der Waals surface area contributed by atoms with E-state index in [4.69, 9.17) is 5.73 Å². The molecule has 2 aromatic heterocycles. The molecule has 0 aliphatic carbocycles. The molecule has 21 heavy (non-hydrogen) atoms. The molecule has 3 heterocycles. The number of imidazole rings is 1. The molecule has 112 valence electrons. The van der Waals surface area contributed by atoms with E-state index >= 15 is 0 Å². The Morgan fingerprint density at radius 3 is 2.81 bits per heavy atom. The fraction of sp³-hybridized carbons (Fsp3) is 0.538. The zero-order chi connectivity index (χ0) is 14.7. The molecule has 1 saturated heterocycles. The summed E-state index contributed by atoms with van der Waals surface area (Å²) in [5.41, 5.74) is 5.79. The Bertz CT molecular complexity index is 576. The van der Waals surface area contributed by atoms with Crippen LogP contribution in [0.4, 0.5) is 17.8 Å². The summed E-state index contributed by atoms with van der Waals surface area (Å²) >= 11 is 0. The van der Waals surface area contributed by atoms with Gasteiger partial charge in [-0.05, 0) is 19.8 Å². The van der Waals surface area contributed by atoms with E-state index in [2.05, 4.69) is 37.1 Å². The van der Waals surface area contributed by atoms with Gasteiger partial charge in [-0.15, -0.1) is 0 Å². The van der Waals surface area contributed by atoms with Crippen LogP contribution in [0.3, 0.4) is 0 Å². The predicted octanol–water partition coefficient (Wildman–Crippen LogP) is 0.751. The van der Waals surface area contributed by atoms with Gasteiger partial charge in [-0.3, -0.25) is 0 Å². The Morgan fingerprint density at radius 2 is 2.10 bits per heavy atom. The predicted molar refractivity (Wildman–Crippen MR) is 81.0 cm³/mol. The number of rotatable bonds is 5. The van der Waals surface area contributed by atoms with E-state index in [0.29, 0.717) is 11.9 Å².